The molecule has 0 saturated heterocycles. The molecule has 1 aromatic heterocycles. The van der Waals surface area contributed by atoms with Gasteiger partial charge in [-0.1, -0.05) is 66.7 Å². The topological polar surface area (TPSA) is 42.4 Å². The lowest BCUT2D eigenvalue weighted by Crippen LogP contribution is -2.14. The lowest BCUT2D eigenvalue weighted by molar-refractivity contribution is -0.0169. The van der Waals surface area contributed by atoms with E-state index in [0.717, 1.165) is 16.8 Å². The first-order valence-corrected chi connectivity index (χ1v) is 7.58. The van der Waals surface area contributed by atoms with Gasteiger partial charge in [-0.3, -0.25) is 0 Å². The van der Waals surface area contributed by atoms with Crippen molar-refractivity contribution in [2.75, 3.05) is 7.11 Å². The van der Waals surface area contributed by atoms with Crippen molar-refractivity contribution in [3.05, 3.63) is 90.1 Å². The Hall–Kier alpha value is -2.49. The highest BCUT2D eigenvalue weighted by Gasteiger charge is 2.23. The number of aromatic nitrogens is 1. The number of nitrogens with zero attached hydrogens (tertiary/aromatic N) is 1. The lowest BCUT2D eigenvalue weighted by Gasteiger charge is -2.22. The van der Waals surface area contributed by atoms with Crippen LogP contribution in [0.4, 0.5) is 0 Å². The van der Waals surface area contributed by atoms with Crippen LogP contribution >= 0.6 is 0 Å². The van der Waals surface area contributed by atoms with Crippen LogP contribution in [-0.4, -0.2) is 17.2 Å². The monoisotopic (exact) mass is 305 g/mol. The number of hydrogen-bond acceptors (Lipinski definition) is 3. The second-order valence-electron chi connectivity index (χ2n) is 5.33. The third-order valence-electron chi connectivity index (χ3n) is 3.81. The van der Waals surface area contributed by atoms with Gasteiger partial charge in [0.2, 0.25) is 0 Å². The van der Waals surface area contributed by atoms with Crippen LogP contribution in [0.25, 0.3) is 11.3 Å². The number of pyridine rings is 1. The average Bonchev–Trinajstić information content (AvgIpc) is 2.64. The Morgan fingerprint density at radius 1 is 0.826 bits per heavy atom. The number of hydrogen-bond donors (Lipinski definition) is 1. The molecular formula is C20H19NO2. The minimum absolute atomic E-state index is 0.449. The van der Waals surface area contributed by atoms with E-state index in [1.54, 1.807) is 7.11 Å². The predicted molar refractivity (Wildman–Crippen MR) is 90.8 cm³/mol. The Kier molecular flexibility index (Phi) is 4.81. The molecule has 2 aromatic carbocycles. The van der Waals surface area contributed by atoms with E-state index in [1.807, 2.05) is 78.9 Å². The minimum Gasteiger partial charge on any atom is -0.384 e. The molecule has 23 heavy (non-hydrogen) atoms. The van der Waals surface area contributed by atoms with E-state index in [1.165, 1.54) is 0 Å². The number of ether oxygens (including phenoxy) is 1. The summed E-state index contributed by atoms with van der Waals surface area (Å²) < 4.78 is 5.51. The van der Waals surface area contributed by atoms with E-state index in [2.05, 4.69) is 4.98 Å². The first-order chi connectivity index (χ1) is 11.3. The van der Waals surface area contributed by atoms with Gasteiger partial charge in [0.05, 0.1) is 11.4 Å². The third kappa shape index (κ3) is 3.47. The molecule has 0 bridgehead atoms. The van der Waals surface area contributed by atoms with Crippen molar-refractivity contribution in [3.8, 4) is 11.3 Å². The van der Waals surface area contributed by atoms with Gasteiger partial charge in [-0.25, -0.2) is 4.98 Å². The highest BCUT2D eigenvalue weighted by Crippen LogP contribution is 2.31. The van der Waals surface area contributed by atoms with Crippen molar-refractivity contribution in [1.82, 2.24) is 4.98 Å². The van der Waals surface area contributed by atoms with Crippen LogP contribution in [-0.2, 0) is 4.74 Å². The van der Waals surface area contributed by atoms with Crippen molar-refractivity contribution in [1.29, 1.82) is 0 Å². The number of methoxy groups -OCH3 is 1. The fraction of sp³-hybridized carbons (Fsp3) is 0.150. The molecule has 0 aliphatic carbocycles. The van der Waals surface area contributed by atoms with E-state index >= 15 is 0 Å². The molecule has 0 unspecified atom stereocenters. The molecule has 0 aliphatic rings. The summed E-state index contributed by atoms with van der Waals surface area (Å²) in [7, 11) is 1.60. The van der Waals surface area contributed by atoms with Crippen LogP contribution in [0, 0.1) is 0 Å². The molecule has 1 heterocycles. The smallest absolute Gasteiger partial charge is 0.126 e. The van der Waals surface area contributed by atoms with Gasteiger partial charge in [0.25, 0.3) is 0 Å². The van der Waals surface area contributed by atoms with Crippen molar-refractivity contribution in [2.24, 2.45) is 0 Å². The molecule has 3 nitrogen and oxygen atoms in total. The molecule has 3 rings (SSSR count). The quantitative estimate of drug-likeness (QED) is 0.769. The third-order valence-corrected chi connectivity index (χ3v) is 3.81. The van der Waals surface area contributed by atoms with Crippen LogP contribution in [0.5, 0.6) is 0 Å². The van der Waals surface area contributed by atoms with Crippen molar-refractivity contribution >= 4 is 0 Å². The van der Waals surface area contributed by atoms with Crippen LogP contribution < -0.4 is 0 Å². The van der Waals surface area contributed by atoms with Gasteiger partial charge in [0.15, 0.2) is 0 Å². The van der Waals surface area contributed by atoms with Gasteiger partial charge in [0, 0.05) is 12.7 Å². The van der Waals surface area contributed by atoms with Gasteiger partial charge < -0.3 is 9.84 Å². The van der Waals surface area contributed by atoms with E-state index < -0.39 is 12.2 Å². The molecule has 0 saturated carbocycles. The minimum atomic E-state index is -0.828. The Morgan fingerprint density at radius 2 is 1.48 bits per heavy atom. The van der Waals surface area contributed by atoms with Crippen LogP contribution in [0.1, 0.15) is 23.5 Å². The molecule has 0 spiro atoms. The highest BCUT2D eigenvalue weighted by molar-refractivity contribution is 5.58. The zero-order valence-electron chi connectivity index (χ0n) is 13.0. The second kappa shape index (κ2) is 7.18. The zero-order chi connectivity index (χ0) is 16.1. The predicted octanol–water partition coefficient (Wildman–Crippen LogP) is 4.17. The first-order valence-electron chi connectivity index (χ1n) is 7.58. The maximum Gasteiger partial charge on any atom is 0.126 e. The largest absolute Gasteiger partial charge is 0.384 e. The maximum absolute atomic E-state index is 10.7. The van der Waals surface area contributed by atoms with Gasteiger partial charge in [-0.2, -0.15) is 0 Å². The molecule has 1 N–H and O–H groups in total. The standard InChI is InChI=1S/C20H19NO2/c1-23-20(16-11-6-3-7-12-16)19(22)18-14-8-13-17(21-18)15-9-4-2-5-10-15/h2-14,19-20,22H,1H3/t19-,20+/m1/s1. The van der Waals surface area contributed by atoms with Crippen molar-refractivity contribution < 1.29 is 9.84 Å². The SMILES string of the molecule is CO[C@@H](c1ccccc1)[C@H](O)c1cccc(-c2ccccc2)n1. The first kappa shape index (κ1) is 15.4. The second-order valence-corrected chi connectivity index (χ2v) is 5.33. The molecule has 0 aliphatic heterocycles. The molecule has 3 heteroatoms. The Bertz CT molecular complexity index is 744. The lowest BCUT2D eigenvalue weighted by atomic mass is 10.0. The van der Waals surface area contributed by atoms with Crippen LogP contribution in [0.2, 0.25) is 0 Å². The Morgan fingerprint density at radius 3 is 2.13 bits per heavy atom. The molecule has 2 atom stereocenters. The fourth-order valence-electron chi connectivity index (χ4n) is 2.63. The number of benzene rings is 2. The summed E-state index contributed by atoms with van der Waals surface area (Å²) in [5.41, 5.74) is 3.39. The van der Waals surface area contributed by atoms with Gasteiger partial charge in [0.1, 0.15) is 12.2 Å². The summed E-state index contributed by atoms with van der Waals surface area (Å²) in [4.78, 5) is 4.61. The fourth-order valence-corrected chi connectivity index (χ4v) is 2.63. The van der Waals surface area contributed by atoms with Crippen molar-refractivity contribution in [3.63, 3.8) is 0 Å². The van der Waals surface area contributed by atoms with E-state index in [9.17, 15) is 5.11 Å². The van der Waals surface area contributed by atoms with Crippen LogP contribution in [0.3, 0.4) is 0 Å². The molecular weight excluding hydrogens is 286 g/mol. The summed E-state index contributed by atoms with van der Waals surface area (Å²) >= 11 is 0. The zero-order valence-corrected chi connectivity index (χ0v) is 13.0. The summed E-state index contributed by atoms with van der Waals surface area (Å²) in [5.74, 6) is 0. The van der Waals surface area contributed by atoms with Gasteiger partial charge >= 0.3 is 0 Å². The normalized spacial score (nSPS) is 13.5. The van der Waals surface area contributed by atoms with Crippen molar-refractivity contribution in [2.45, 2.75) is 12.2 Å². The molecule has 116 valence electrons. The summed E-state index contributed by atoms with van der Waals surface area (Å²) in [6.07, 6.45) is -1.28. The summed E-state index contributed by atoms with van der Waals surface area (Å²) in [5, 5.41) is 10.7. The average molecular weight is 305 g/mol. The van der Waals surface area contributed by atoms with Gasteiger partial charge in [-0.05, 0) is 17.7 Å². The molecule has 3 aromatic rings. The summed E-state index contributed by atoms with van der Waals surface area (Å²) in [6.45, 7) is 0. The molecule has 0 radical (unpaired) electrons. The van der Waals surface area contributed by atoms with Crippen LogP contribution in [0.15, 0.2) is 78.9 Å². The Balaban J connectivity index is 1.92. The number of rotatable bonds is 5. The summed E-state index contributed by atoms with van der Waals surface area (Å²) in [6, 6.07) is 25.3. The van der Waals surface area contributed by atoms with Gasteiger partial charge in [-0.15, -0.1) is 0 Å². The molecule has 0 amide bonds. The van der Waals surface area contributed by atoms with E-state index in [4.69, 9.17) is 4.74 Å². The number of aliphatic hydroxyl groups excluding tert-OH is 1. The molecule has 0 fully saturated rings. The Labute approximate surface area is 136 Å². The number of aliphatic hydroxyl groups is 1. The maximum atomic E-state index is 10.7. The highest BCUT2D eigenvalue weighted by atomic mass is 16.5. The van der Waals surface area contributed by atoms with E-state index in [0.29, 0.717) is 5.69 Å². The van der Waals surface area contributed by atoms with E-state index in [-0.39, 0.29) is 0 Å².